The molecule has 0 aliphatic heterocycles. The van der Waals surface area contributed by atoms with Crippen LogP contribution in [0, 0.1) is 0 Å². The average Bonchev–Trinajstić information content (AvgIpc) is 2.35. The van der Waals surface area contributed by atoms with E-state index in [1.54, 1.807) is 18.2 Å². The van der Waals surface area contributed by atoms with Gasteiger partial charge in [-0.05, 0) is 30.7 Å². The fraction of sp³-hybridized carbons (Fsp3) is 0.182. The van der Waals surface area contributed by atoms with Crippen molar-refractivity contribution in [3.8, 4) is 6.01 Å². The Hall–Kier alpha value is -1.30. The van der Waals surface area contributed by atoms with Gasteiger partial charge in [0.1, 0.15) is 0 Å². The highest BCUT2D eigenvalue weighted by Gasteiger charge is 2.09. The van der Waals surface area contributed by atoms with Crippen LogP contribution in [0.4, 0.5) is 11.6 Å². The van der Waals surface area contributed by atoms with Crippen molar-refractivity contribution in [1.29, 1.82) is 0 Å². The molecule has 100 valence electrons. The Morgan fingerprint density at radius 1 is 1.16 bits per heavy atom. The molecule has 0 aliphatic rings. The van der Waals surface area contributed by atoms with E-state index in [2.05, 4.69) is 20.3 Å². The molecular formula is C11H9Cl3N4O. The van der Waals surface area contributed by atoms with Crippen LogP contribution >= 0.6 is 34.8 Å². The Morgan fingerprint density at radius 2 is 1.95 bits per heavy atom. The summed E-state index contributed by atoms with van der Waals surface area (Å²) < 4.78 is 5.17. The van der Waals surface area contributed by atoms with E-state index in [-0.39, 0.29) is 17.2 Å². The Morgan fingerprint density at radius 3 is 2.68 bits per heavy atom. The molecule has 0 aliphatic carbocycles. The molecule has 0 amide bonds. The number of halogens is 3. The Bertz CT molecular complexity index is 594. The predicted octanol–water partition coefficient (Wildman–Crippen LogP) is 3.97. The number of anilines is 2. The van der Waals surface area contributed by atoms with Gasteiger partial charge < -0.3 is 10.1 Å². The highest BCUT2D eigenvalue weighted by Crippen LogP contribution is 2.31. The molecule has 0 saturated carbocycles. The molecule has 1 aromatic heterocycles. The number of nitrogens with zero attached hydrogens (tertiary/aromatic N) is 3. The van der Waals surface area contributed by atoms with Crippen LogP contribution in [0.5, 0.6) is 6.01 Å². The maximum atomic E-state index is 6.05. The molecule has 8 heteroatoms. The Balaban J connectivity index is 2.30. The second-order valence-corrected chi connectivity index (χ2v) is 4.49. The molecule has 0 unspecified atom stereocenters. The normalized spacial score (nSPS) is 10.3. The molecule has 0 radical (unpaired) electrons. The van der Waals surface area contributed by atoms with Crippen molar-refractivity contribution in [3.63, 3.8) is 0 Å². The van der Waals surface area contributed by atoms with E-state index in [0.717, 1.165) is 0 Å². The van der Waals surface area contributed by atoms with Crippen molar-refractivity contribution in [2.75, 3.05) is 11.9 Å². The lowest BCUT2D eigenvalue weighted by Crippen LogP contribution is -2.04. The minimum atomic E-state index is 0.0269. The maximum Gasteiger partial charge on any atom is 0.322 e. The van der Waals surface area contributed by atoms with Gasteiger partial charge in [0.15, 0.2) is 0 Å². The minimum Gasteiger partial charge on any atom is -0.464 e. The first-order valence-electron chi connectivity index (χ1n) is 5.35. The van der Waals surface area contributed by atoms with E-state index < -0.39 is 0 Å². The van der Waals surface area contributed by atoms with Crippen LogP contribution in [0.15, 0.2) is 18.2 Å². The minimum absolute atomic E-state index is 0.0269. The Labute approximate surface area is 124 Å². The van der Waals surface area contributed by atoms with E-state index in [9.17, 15) is 0 Å². The van der Waals surface area contributed by atoms with Crippen LogP contribution in [0.25, 0.3) is 0 Å². The van der Waals surface area contributed by atoms with Gasteiger partial charge in [0.05, 0.1) is 22.3 Å². The first kappa shape index (κ1) is 14.1. The molecule has 1 aromatic carbocycles. The summed E-state index contributed by atoms with van der Waals surface area (Å²) in [6.07, 6.45) is 0. The van der Waals surface area contributed by atoms with Gasteiger partial charge in [-0.3, -0.25) is 0 Å². The smallest absolute Gasteiger partial charge is 0.322 e. The van der Waals surface area contributed by atoms with E-state index >= 15 is 0 Å². The van der Waals surface area contributed by atoms with E-state index in [4.69, 9.17) is 39.5 Å². The fourth-order valence-electron chi connectivity index (χ4n) is 1.30. The van der Waals surface area contributed by atoms with Crippen LogP contribution in [0.1, 0.15) is 6.92 Å². The number of aromatic nitrogens is 3. The fourth-order valence-corrected chi connectivity index (χ4v) is 1.80. The molecular weight excluding hydrogens is 311 g/mol. The van der Waals surface area contributed by atoms with E-state index in [1.165, 1.54) is 0 Å². The number of nitrogens with one attached hydrogen (secondary N) is 1. The molecule has 1 heterocycles. The molecule has 1 N–H and O–H groups in total. The van der Waals surface area contributed by atoms with Crippen molar-refractivity contribution < 1.29 is 4.74 Å². The van der Waals surface area contributed by atoms with Gasteiger partial charge in [-0.2, -0.15) is 15.0 Å². The van der Waals surface area contributed by atoms with Crippen molar-refractivity contribution in [2.45, 2.75) is 6.92 Å². The number of benzene rings is 1. The topological polar surface area (TPSA) is 59.9 Å². The lowest BCUT2D eigenvalue weighted by Gasteiger charge is -2.08. The molecule has 2 aromatic rings. The molecule has 2 rings (SSSR count). The SMILES string of the molecule is CCOc1nc(Cl)nc(Nc2cccc(Cl)c2Cl)n1. The molecule has 0 bridgehead atoms. The molecule has 0 spiro atoms. The van der Waals surface area contributed by atoms with Crippen LogP contribution in [0.2, 0.25) is 15.3 Å². The monoisotopic (exact) mass is 318 g/mol. The number of rotatable bonds is 4. The van der Waals surface area contributed by atoms with Gasteiger partial charge in [-0.25, -0.2) is 0 Å². The third-order valence-corrected chi connectivity index (χ3v) is 3.05. The summed E-state index contributed by atoms with van der Waals surface area (Å²) in [4.78, 5) is 11.8. The third kappa shape index (κ3) is 3.59. The van der Waals surface area contributed by atoms with E-state index in [0.29, 0.717) is 22.3 Å². The molecule has 0 fully saturated rings. The van der Waals surface area contributed by atoms with Crippen molar-refractivity contribution in [1.82, 2.24) is 15.0 Å². The summed E-state index contributed by atoms with van der Waals surface area (Å²) in [5.74, 6) is 0.229. The summed E-state index contributed by atoms with van der Waals surface area (Å²) in [5, 5.41) is 3.74. The lowest BCUT2D eigenvalue weighted by molar-refractivity contribution is 0.312. The van der Waals surface area contributed by atoms with Gasteiger partial charge in [0.25, 0.3) is 0 Å². The van der Waals surface area contributed by atoms with Gasteiger partial charge in [-0.1, -0.05) is 29.3 Å². The summed E-state index contributed by atoms with van der Waals surface area (Å²) in [7, 11) is 0. The Kier molecular flexibility index (Phi) is 4.63. The van der Waals surface area contributed by atoms with Crippen molar-refractivity contribution in [2.24, 2.45) is 0 Å². The second kappa shape index (κ2) is 6.23. The molecule has 19 heavy (non-hydrogen) atoms. The number of hydrogen-bond acceptors (Lipinski definition) is 5. The zero-order valence-electron chi connectivity index (χ0n) is 9.82. The lowest BCUT2D eigenvalue weighted by atomic mass is 10.3. The van der Waals surface area contributed by atoms with Gasteiger partial charge in [0.2, 0.25) is 11.2 Å². The summed E-state index contributed by atoms with van der Waals surface area (Å²) in [5.41, 5.74) is 0.568. The predicted molar refractivity (Wildman–Crippen MR) is 75.8 cm³/mol. The highest BCUT2D eigenvalue weighted by molar-refractivity contribution is 6.43. The van der Waals surface area contributed by atoms with Crippen LogP contribution in [0.3, 0.4) is 0 Å². The largest absolute Gasteiger partial charge is 0.464 e. The average molecular weight is 320 g/mol. The maximum absolute atomic E-state index is 6.05. The quantitative estimate of drug-likeness (QED) is 0.924. The second-order valence-electron chi connectivity index (χ2n) is 3.37. The first-order valence-corrected chi connectivity index (χ1v) is 6.49. The zero-order valence-corrected chi connectivity index (χ0v) is 12.1. The van der Waals surface area contributed by atoms with Gasteiger partial charge in [-0.15, -0.1) is 0 Å². The van der Waals surface area contributed by atoms with Gasteiger partial charge >= 0.3 is 6.01 Å². The van der Waals surface area contributed by atoms with Crippen molar-refractivity contribution in [3.05, 3.63) is 33.5 Å². The van der Waals surface area contributed by atoms with Crippen LogP contribution in [-0.4, -0.2) is 21.6 Å². The number of hydrogen-bond donors (Lipinski definition) is 1. The molecule has 0 saturated heterocycles. The summed E-state index contributed by atoms with van der Waals surface area (Å²) in [6, 6.07) is 5.32. The highest BCUT2D eigenvalue weighted by atomic mass is 35.5. The third-order valence-electron chi connectivity index (χ3n) is 2.06. The van der Waals surface area contributed by atoms with Crippen molar-refractivity contribution >= 4 is 46.4 Å². The standard InChI is InChI=1S/C11H9Cl3N4O/c1-2-19-11-17-9(14)16-10(18-11)15-7-5-3-4-6(12)8(7)13/h3-5H,2H2,1H3,(H,15,16,17,18). The summed E-state index contributed by atoms with van der Waals surface area (Å²) in [6.45, 7) is 2.25. The van der Waals surface area contributed by atoms with Gasteiger partial charge in [0, 0.05) is 0 Å². The first-order chi connectivity index (χ1) is 9.10. The summed E-state index contributed by atoms with van der Waals surface area (Å²) >= 11 is 17.8. The number of ether oxygens (including phenoxy) is 1. The zero-order chi connectivity index (χ0) is 13.8. The molecule has 5 nitrogen and oxygen atoms in total. The van der Waals surface area contributed by atoms with Crippen LogP contribution in [-0.2, 0) is 0 Å². The van der Waals surface area contributed by atoms with E-state index in [1.807, 2.05) is 6.92 Å². The molecule has 0 atom stereocenters. The van der Waals surface area contributed by atoms with Crippen LogP contribution < -0.4 is 10.1 Å².